The number of nitriles is 1. The molecular formula is C19H16F2N4OS. The van der Waals surface area contributed by atoms with Gasteiger partial charge in [-0.25, -0.2) is 18.6 Å². The summed E-state index contributed by atoms with van der Waals surface area (Å²) in [5.41, 5.74) is 6.89. The van der Waals surface area contributed by atoms with Crippen LogP contribution < -0.4 is 5.73 Å². The molecule has 3 rings (SSSR count). The van der Waals surface area contributed by atoms with Crippen LogP contribution >= 0.6 is 11.8 Å². The van der Waals surface area contributed by atoms with Gasteiger partial charge in [0.05, 0.1) is 18.2 Å². The summed E-state index contributed by atoms with van der Waals surface area (Å²) in [4.78, 5) is 7.62. The molecule has 2 N–H and O–H groups in total. The van der Waals surface area contributed by atoms with E-state index >= 15 is 0 Å². The molecule has 1 aliphatic heterocycles. The third-order valence-corrected chi connectivity index (χ3v) is 5.32. The van der Waals surface area contributed by atoms with Gasteiger partial charge in [0.25, 0.3) is 0 Å². The second kappa shape index (κ2) is 8.34. The zero-order chi connectivity index (χ0) is 19.4. The SMILES string of the molecule is [C-]#[N+]c1c(N)nc(SCc2cc(F)ccc2F)c(C#N)c1C1CCCCO1. The van der Waals surface area contributed by atoms with Crippen LogP contribution in [0.4, 0.5) is 20.3 Å². The Bertz CT molecular complexity index is 946. The Labute approximate surface area is 160 Å². The summed E-state index contributed by atoms with van der Waals surface area (Å²) < 4.78 is 33.0. The van der Waals surface area contributed by atoms with Gasteiger partial charge in [0.1, 0.15) is 28.5 Å². The zero-order valence-electron chi connectivity index (χ0n) is 14.3. The number of benzene rings is 1. The van der Waals surface area contributed by atoms with E-state index in [-0.39, 0.29) is 33.4 Å². The predicted octanol–water partition coefficient (Wildman–Crippen LogP) is 4.90. The average Bonchev–Trinajstić information content (AvgIpc) is 2.68. The van der Waals surface area contributed by atoms with Crippen molar-refractivity contribution in [1.82, 2.24) is 4.98 Å². The van der Waals surface area contributed by atoms with Crippen molar-refractivity contribution in [2.75, 3.05) is 12.3 Å². The van der Waals surface area contributed by atoms with E-state index in [4.69, 9.17) is 17.0 Å². The highest BCUT2D eigenvalue weighted by Gasteiger charge is 2.27. The van der Waals surface area contributed by atoms with Gasteiger partial charge in [-0.05, 0) is 37.5 Å². The van der Waals surface area contributed by atoms with Crippen molar-refractivity contribution < 1.29 is 13.5 Å². The van der Waals surface area contributed by atoms with Crippen LogP contribution in [0.25, 0.3) is 4.85 Å². The maximum Gasteiger partial charge on any atom is 0.235 e. The minimum Gasteiger partial charge on any atom is -0.392 e. The van der Waals surface area contributed by atoms with Crippen molar-refractivity contribution in [3.63, 3.8) is 0 Å². The van der Waals surface area contributed by atoms with E-state index in [1.165, 1.54) is 0 Å². The highest BCUT2D eigenvalue weighted by molar-refractivity contribution is 7.98. The number of hydrogen-bond acceptors (Lipinski definition) is 5. The molecule has 0 bridgehead atoms. The van der Waals surface area contributed by atoms with E-state index in [1.807, 2.05) is 0 Å². The maximum atomic E-state index is 13.9. The van der Waals surface area contributed by atoms with Crippen molar-refractivity contribution in [2.24, 2.45) is 0 Å². The molecule has 1 fully saturated rings. The molecular weight excluding hydrogens is 370 g/mol. The molecule has 1 aromatic carbocycles. The molecule has 1 unspecified atom stereocenters. The molecule has 2 heterocycles. The lowest BCUT2D eigenvalue weighted by molar-refractivity contribution is 0.0151. The molecule has 27 heavy (non-hydrogen) atoms. The molecule has 1 atom stereocenters. The molecule has 1 saturated heterocycles. The van der Waals surface area contributed by atoms with Gasteiger partial charge in [-0.1, -0.05) is 0 Å². The number of nitrogens with zero attached hydrogens (tertiary/aromatic N) is 3. The lowest BCUT2D eigenvalue weighted by Gasteiger charge is -2.25. The van der Waals surface area contributed by atoms with Gasteiger partial charge in [0.15, 0.2) is 0 Å². The number of nitrogen functional groups attached to an aromatic ring is 1. The summed E-state index contributed by atoms with van der Waals surface area (Å²) in [7, 11) is 0. The fourth-order valence-corrected chi connectivity index (χ4v) is 3.98. The number of rotatable bonds is 4. The summed E-state index contributed by atoms with van der Waals surface area (Å²) in [6.07, 6.45) is 2.13. The van der Waals surface area contributed by atoms with Crippen LogP contribution in [0.15, 0.2) is 23.2 Å². The third-order valence-electron chi connectivity index (χ3n) is 4.30. The van der Waals surface area contributed by atoms with Gasteiger partial charge in [-0.3, -0.25) is 0 Å². The highest BCUT2D eigenvalue weighted by atomic mass is 32.2. The van der Waals surface area contributed by atoms with Crippen molar-refractivity contribution in [3.8, 4) is 6.07 Å². The molecule has 0 amide bonds. The first-order valence-corrected chi connectivity index (χ1v) is 9.33. The lowest BCUT2D eigenvalue weighted by Crippen LogP contribution is -2.14. The number of ether oxygens (including phenoxy) is 1. The summed E-state index contributed by atoms with van der Waals surface area (Å²) >= 11 is 1.08. The molecule has 5 nitrogen and oxygen atoms in total. The number of pyridine rings is 1. The van der Waals surface area contributed by atoms with Crippen molar-refractivity contribution in [2.45, 2.75) is 36.1 Å². The Morgan fingerprint density at radius 2 is 2.22 bits per heavy atom. The number of hydrogen-bond donors (Lipinski definition) is 1. The van der Waals surface area contributed by atoms with Gasteiger partial charge in [-0.15, -0.1) is 11.8 Å². The Morgan fingerprint density at radius 3 is 2.89 bits per heavy atom. The first-order chi connectivity index (χ1) is 13.0. The number of thioether (sulfide) groups is 1. The normalized spacial score (nSPS) is 16.5. The molecule has 1 aliphatic rings. The van der Waals surface area contributed by atoms with E-state index in [2.05, 4.69) is 15.9 Å². The van der Waals surface area contributed by atoms with Gasteiger partial charge in [0, 0.05) is 23.5 Å². The first-order valence-electron chi connectivity index (χ1n) is 8.34. The quantitative estimate of drug-likeness (QED) is 0.597. The Morgan fingerprint density at radius 1 is 1.41 bits per heavy atom. The summed E-state index contributed by atoms with van der Waals surface area (Å²) in [5, 5.41) is 9.99. The maximum absolute atomic E-state index is 13.9. The van der Waals surface area contributed by atoms with Gasteiger partial charge >= 0.3 is 0 Å². The lowest BCUT2D eigenvalue weighted by atomic mass is 9.97. The Kier molecular flexibility index (Phi) is 5.90. The van der Waals surface area contributed by atoms with Crippen molar-refractivity contribution in [3.05, 3.63) is 57.9 Å². The average molecular weight is 386 g/mol. The van der Waals surface area contributed by atoms with Crippen LogP contribution in [-0.2, 0) is 10.5 Å². The molecule has 2 aromatic rings. The van der Waals surface area contributed by atoms with Crippen LogP contribution in [-0.4, -0.2) is 11.6 Å². The molecule has 0 aliphatic carbocycles. The monoisotopic (exact) mass is 386 g/mol. The van der Waals surface area contributed by atoms with E-state index in [9.17, 15) is 14.0 Å². The smallest absolute Gasteiger partial charge is 0.235 e. The summed E-state index contributed by atoms with van der Waals surface area (Å²) in [6.45, 7) is 7.96. The first kappa shape index (κ1) is 19.1. The molecule has 0 spiro atoms. The largest absolute Gasteiger partial charge is 0.392 e. The Hall–Kier alpha value is -2.68. The van der Waals surface area contributed by atoms with Crippen molar-refractivity contribution >= 4 is 23.3 Å². The van der Waals surface area contributed by atoms with E-state index in [1.54, 1.807) is 0 Å². The second-order valence-electron chi connectivity index (χ2n) is 6.04. The minimum atomic E-state index is -0.542. The van der Waals surface area contributed by atoms with Gasteiger partial charge in [0.2, 0.25) is 5.69 Å². The number of nitrogens with two attached hydrogens (primary N) is 1. The highest BCUT2D eigenvalue weighted by Crippen LogP contribution is 2.42. The Balaban J connectivity index is 2.00. The predicted molar refractivity (Wildman–Crippen MR) is 98.1 cm³/mol. The number of anilines is 1. The zero-order valence-corrected chi connectivity index (χ0v) is 15.2. The topological polar surface area (TPSA) is 76.3 Å². The van der Waals surface area contributed by atoms with Gasteiger partial charge < -0.3 is 10.5 Å². The molecule has 1 aromatic heterocycles. The molecule has 0 radical (unpaired) electrons. The third kappa shape index (κ3) is 4.02. The minimum absolute atomic E-state index is 0.00962. The second-order valence-corrected chi connectivity index (χ2v) is 7.01. The molecule has 138 valence electrons. The van der Waals surface area contributed by atoms with Crippen LogP contribution in [0.3, 0.4) is 0 Å². The fraction of sp³-hybridized carbons (Fsp3) is 0.316. The number of halogens is 2. The van der Waals surface area contributed by atoms with E-state index in [0.717, 1.165) is 42.8 Å². The van der Waals surface area contributed by atoms with E-state index in [0.29, 0.717) is 18.6 Å². The van der Waals surface area contributed by atoms with Crippen LogP contribution in [0.2, 0.25) is 0 Å². The fourth-order valence-electron chi connectivity index (χ4n) is 3.00. The molecule has 0 saturated carbocycles. The summed E-state index contributed by atoms with van der Waals surface area (Å²) in [5.74, 6) is -0.994. The van der Waals surface area contributed by atoms with Crippen LogP contribution in [0.5, 0.6) is 0 Å². The number of aromatic nitrogens is 1. The van der Waals surface area contributed by atoms with Crippen LogP contribution in [0.1, 0.15) is 42.1 Å². The molecule has 8 heteroatoms. The van der Waals surface area contributed by atoms with Crippen LogP contribution in [0, 0.1) is 29.5 Å². The van der Waals surface area contributed by atoms with Crippen molar-refractivity contribution in [1.29, 1.82) is 5.26 Å². The van der Waals surface area contributed by atoms with E-state index < -0.39 is 17.7 Å². The summed E-state index contributed by atoms with van der Waals surface area (Å²) in [6, 6.07) is 5.31. The standard InChI is InChI=1S/C19H16F2N4OS/c1-24-17-16(15-4-2-3-7-26-15)13(9-22)19(25-18(17)23)27-10-11-8-12(20)5-6-14(11)21/h5-6,8,15H,2-4,7,10H2,(H2,23,25). The van der Waals surface area contributed by atoms with Gasteiger partial charge in [-0.2, -0.15) is 5.26 Å².